The SMILES string of the molecule is CC1=[C-]C2=CC(NC=O)=C(NC=O)C(=[Si](C)C)C(C)C2=C1C1=CC=CC1.CC1=[C-]C2=CC(NC=O)=C(NC=O)C(=[Si](C)C)C(C)C2=C1C1=CC=CC1.[Hf]. The maximum atomic E-state index is 11.2. The van der Waals surface area contributed by atoms with Crippen molar-refractivity contribution in [3.05, 3.63) is 139 Å². The number of hydrogen-bond donors (Lipinski definition) is 4. The van der Waals surface area contributed by atoms with Gasteiger partial charge in [0.25, 0.3) is 0 Å². The summed E-state index contributed by atoms with van der Waals surface area (Å²) >= 11 is 0. The average molecular weight is 906 g/mol. The van der Waals surface area contributed by atoms with Crippen molar-refractivity contribution in [3.8, 4) is 0 Å². The normalized spacial score (nSPS) is 21.4. The van der Waals surface area contributed by atoms with Gasteiger partial charge in [-0.25, -0.2) is 0 Å². The summed E-state index contributed by atoms with van der Waals surface area (Å²) in [5, 5.41) is 13.6. The van der Waals surface area contributed by atoms with Gasteiger partial charge in [0, 0.05) is 54.1 Å². The smallest absolute Gasteiger partial charge is 0.211 e. The van der Waals surface area contributed by atoms with Crippen molar-refractivity contribution < 1.29 is 45.0 Å². The van der Waals surface area contributed by atoms with Crippen LogP contribution in [-0.4, -0.2) is 52.8 Å². The molecule has 0 fully saturated rings. The molecule has 0 aromatic carbocycles. The van der Waals surface area contributed by atoms with Crippen LogP contribution in [-0.2, 0) is 45.0 Å². The van der Waals surface area contributed by atoms with E-state index in [0.29, 0.717) is 37.0 Å². The second-order valence-corrected chi connectivity index (χ2v) is 18.8. The fourth-order valence-electron chi connectivity index (χ4n) is 8.15. The zero-order valence-corrected chi connectivity index (χ0v) is 37.2. The van der Waals surface area contributed by atoms with E-state index in [0.717, 1.165) is 46.5 Å². The molecule has 0 aromatic heterocycles. The third-order valence-electron chi connectivity index (χ3n) is 10.00. The zero-order valence-electron chi connectivity index (χ0n) is 31.6. The molecule has 8 nitrogen and oxygen atoms in total. The van der Waals surface area contributed by atoms with Crippen LogP contribution < -0.4 is 21.3 Å². The van der Waals surface area contributed by atoms with Crippen LogP contribution in [0.2, 0.25) is 26.2 Å². The first kappa shape index (κ1) is 41.6. The van der Waals surface area contributed by atoms with E-state index in [9.17, 15) is 19.2 Å². The molecule has 0 saturated carbocycles. The van der Waals surface area contributed by atoms with Gasteiger partial charge < -0.3 is 21.3 Å². The zero-order chi connectivity index (χ0) is 37.7. The number of nitrogens with one attached hydrogen (secondary N) is 4. The Morgan fingerprint density at radius 2 is 0.981 bits per heavy atom. The number of allylic oxidation sites excluding steroid dienone is 22. The summed E-state index contributed by atoms with van der Waals surface area (Å²) < 4.78 is 0. The van der Waals surface area contributed by atoms with E-state index in [1.807, 2.05) is 12.2 Å². The van der Waals surface area contributed by atoms with Gasteiger partial charge in [-0.2, -0.15) is 11.1 Å². The van der Waals surface area contributed by atoms with Gasteiger partial charge in [-0.15, -0.1) is 57.7 Å². The standard InChI is InChI=1S/2C21H23N2O2Si.Hf/c2*1-13-9-16-10-17(22-11-24)20(23-12-25)21(26(3)4)14(2)19(16)18(13)15-7-5-6-8-15;/h2*5-7,10-12,14H,8H2,1-4H3,(H,22,24)(H,23,25);/q2*-1;. The van der Waals surface area contributed by atoms with Gasteiger partial charge in [-0.05, 0) is 35.0 Å². The van der Waals surface area contributed by atoms with E-state index in [1.165, 1.54) is 43.8 Å². The van der Waals surface area contributed by atoms with Crippen LogP contribution in [0.1, 0.15) is 40.5 Å². The molecular weight excluding hydrogens is 859 g/mol. The minimum Gasteiger partial charge on any atom is -0.335 e. The quantitative estimate of drug-likeness (QED) is 0.133. The molecule has 0 heterocycles. The van der Waals surface area contributed by atoms with Crippen molar-refractivity contribution in [1.29, 1.82) is 0 Å². The second kappa shape index (κ2) is 18.2. The molecule has 11 heteroatoms. The Morgan fingerprint density at radius 1 is 0.623 bits per heavy atom. The Bertz CT molecular complexity index is 1940. The van der Waals surface area contributed by atoms with E-state index in [2.05, 4.69) is 124 Å². The summed E-state index contributed by atoms with van der Waals surface area (Å²) in [6, 6.07) is 0. The Labute approximate surface area is 335 Å². The van der Waals surface area contributed by atoms with E-state index >= 15 is 0 Å². The molecule has 6 aliphatic carbocycles. The summed E-state index contributed by atoms with van der Waals surface area (Å²) in [7, 11) is -1.77. The number of fused-ring (bicyclic) bond motifs is 2. The molecule has 0 aromatic rings. The van der Waals surface area contributed by atoms with E-state index < -0.39 is 16.8 Å². The maximum absolute atomic E-state index is 11.2. The molecule has 0 aliphatic heterocycles. The number of hydrogen-bond acceptors (Lipinski definition) is 4. The van der Waals surface area contributed by atoms with Crippen LogP contribution in [0.3, 0.4) is 0 Å². The van der Waals surface area contributed by atoms with Crippen molar-refractivity contribution >= 4 is 52.8 Å². The molecule has 6 rings (SSSR count). The number of amides is 4. The third kappa shape index (κ3) is 8.32. The molecule has 4 amide bonds. The van der Waals surface area contributed by atoms with Crippen LogP contribution in [0, 0.1) is 24.0 Å². The third-order valence-corrected chi connectivity index (χ3v) is 13.5. The van der Waals surface area contributed by atoms with Crippen molar-refractivity contribution in [2.75, 3.05) is 0 Å². The summed E-state index contributed by atoms with van der Waals surface area (Å²) in [6.45, 7) is 17.4. The van der Waals surface area contributed by atoms with Gasteiger partial charge in [0.05, 0.1) is 11.4 Å². The summed E-state index contributed by atoms with van der Waals surface area (Å²) in [5.74, 6) is 0.278. The van der Waals surface area contributed by atoms with Crippen molar-refractivity contribution in [2.45, 2.75) is 66.7 Å². The van der Waals surface area contributed by atoms with Crippen LogP contribution in [0.5, 0.6) is 0 Å². The Balaban J connectivity index is 0.000000232. The largest absolute Gasteiger partial charge is 0.335 e. The molecule has 0 radical (unpaired) electrons. The van der Waals surface area contributed by atoms with Gasteiger partial charge >= 0.3 is 0 Å². The Kier molecular flexibility index (Phi) is 14.3. The van der Waals surface area contributed by atoms with Crippen molar-refractivity contribution in [1.82, 2.24) is 21.3 Å². The van der Waals surface area contributed by atoms with E-state index in [1.54, 1.807) is 0 Å². The number of carbonyl (C=O) groups excluding carboxylic acids is 4. The summed E-state index contributed by atoms with van der Waals surface area (Å²) in [4.78, 5) is 44.9. The topological polar surface area (TPSA) is 116 Å². The first-order valence-corrected chi connectivity index (χ1v) is 22.5. The predicted octanol–water partition coefficient (Wildman–Crippen LogP) is 5.44. The molecule has 2 unspecified atom stereocenters. The van der Waals surface area contributed by atoms with Gasteiger partial charge in [-0.1, -0.05) is 101 Å². The monoisotopic (exact) mass is 906 g/mol. The predicted molar refractivity (Wildman–Crippen MR) is 213 cm³/mol. The first-order chi connectivity index (χ1) is 25.0. The van der Waals surface area contributed by atoms with E-state index in [-0.39, 0.29) is 37.7 Å². The fraction of sp³-hybridized carbons (Fsp3) is 0.286. The molecule has 4 N–H and O–H groups in total. The molecule has 0 bridgehead atoms. The molecule has 0 spiro atoms. The van der Waals surface area contributed by atoms with Crippen LogP contribution >= 0.6 is 0 Å². The molecule has 0 saturated heterocycles. The van der Waals surface area contributed by atoms with Crippen molar-refractivity contribution in [3.63, 3.8) is 0 Å². The molecular formula is C42H46HfN4O4Si2-2. The summed E-state index contributed by atoms with van der Waals surface area (Å²) in [5.41, 5.74) is 14.6. The number of rotatable bonds is 10. The van der Waals surface area contributed by atoms with Gasteiger partial charge in [0.15, 0.2) is 0 Å². The van der Waals surface area contributed by atoms with E-state index in [4.69, 9.17) is 0 Å². The average Bonchev–Trinajstić information content (AvgIpc) is 3.89. The minimum absolute atomic E-state index is 0. The van der Waals surface area contributed by atoms with Gasteiger partial charge in [0.2, 0.25) is 25.6 Å². The minimum atomic E-state index is -0.887. The molecule has 6 aliphatic rings. The number of carbonyl (C=O) groups is 4. The van der Waals surface area contributed by atoms with Crippen molar-refractivity contribution in [2.24, 2.45) is 11.8 Å². The first-order valence-electron chi connectivity index (χ1n) is 17.5. The van der Waals surface area contributed by atoms with Crippen LogP contribution in [0.4, 0.5) is 0 Å². The Morgan fingerprint density at radius 3 is 1.26 bits per heavy atom. The fourth-order valence-corrected chi connectivity index (χ4v) is 11.6. The molecule has 2 atom stereocenters. The summed E-state index contributed by atoms with van der Waals surface area (Å²) in [6.07, 6.45) is 28.2. The van der Waals surface area contributed by atoms with Crippen LogP contribution in [0.15, 0.2) is 127 Å². The maximum Gasteiger partial charge on any atom is 0.211 e. The second-order valence-electron chi connectivity index (χ2n) is 13.7. The molecule has 272 valence electrons. The molecule has 53 heavy (non-hydrogen) atoms. The van der Waals surface area contributed by atoms with Gasteiger partial charge in [-0.3, -0.25) is 19.2 Å². The Hall–Kier alpha value is -4.20. The van der Waals surface area contributed by atoms with Gasteiger partial charge in [0.1, 0.15) is 0 Å². The van der Waals surface area contributed by atoms with Crippen LogP contribution in [0.25, 0.3) is 0 Å².